The number of halogens is 1. The zero-order chi connectivity index (χ0) is 13.1. The van der Waals surface area contributed by atoms with Crippen molar-refractivity contribution < 1.29 is 4.79 Å². The van der Waals surface area contributed by atoms with Gasteiger partial charge in [0.1, 0.15) is 4.99 Å². The van der Waals surface area contributed by atoms with Crippen LogP contribution >= 0.6 is 23.8 Å². The van der Waals surface area contributed by atoms with Crippen LogP contribution in [-0.4, -0.2) is 30.5 Å². The Morgan fingerprint density at radius 1 is 1.50 bits per heavy atom. The summed E-state index contributed by atoms with van der Waals surface area (Å²) in [6, 6.07) is 5.48. The lowest BCUT2D eigenvalue weighted by Gasteiger charge is -2.22. The highest BCUT2D eigenvalue weighted by molar-refractivity contribution is 7.80. The molecule has 1 aromatic rings. The molecule has 1 fully saturated rings. The Morgan fingerprint density at radius 2 is 2.28 bits per heavy atom. The van der Waals surface area contributed by atoms with Crippen LogP contribution in [0.5, 0.6) is 0 Å². The van der Waals surface area contributed by atoms with Crippen molar-refractivity contribution in [1.29, 1.82) is 0 Å². The molecule has 1 aliphatic heterocycles. The number of hydrogen-bond donors (Lipinski definition) is 2. The molecule has 96 valence electrons. The third-order valence-corrected chi connectivity index (χ3v) is 3.38. The Hall–Kier alpha value is -1.33. The van der Waals surface area contributed by atoms with Crippen LogP contribution in [0.3, 0.4) is 0 Å². The number of hydrogen-bond acceptors (Lipinski definition) is 3. The lowest BCUT2D eigenvalue weighted by Crippen LogP contribution is -2.33. The number of carbonyl (C=O) groups is 1. The minimum Gasteiger partial charge on any atom is -0.389 e. The first-order valence-corrected chi connectivity index (χ1v) is 6.47. The minimum absolute atomic E-state index is 0.0297. The SMILES string of the molecule is NC(=S)c1ccc(N2CCCNC(=O)C2)cc1Cl. The van der Waals surface area contributed by atoms with Gasteiger partial charge in [-0.1, -0.05) is 23.8 Å². The quantitative estimate of drug-likeness (QED) is 0.804. The lowest BCUT2D eigenvalue weighted by molar-refractivity contribution is -0.119. The molecule has 0 unspecified atom stereocenters. The summed E-state index contributed by atoms with van der Waals surface area (Å²) in [6.45, 7) is 1.89. The molecule has 0 aliphatic carbocycles. The smallest absolute Gasteiger partial charge is 0.239 e. The van der Waals surface area contributed by atoms with E-state index < -0.39 is 0 Å². The molecule has 3 N–H and O–H groups in total. The molecular weight excluding hydrogens is 270 g/mol. The highest BCUT2D eigenvalue weighted by Crippen LogP contribution is 2.24. The summed E-state index contributed by atoms with van der Waals surface area (Å²) in [5.74, 6) is 0.0297. The van der Waals surface area contributed by atoms with Gasteiger partial charge in [-0.05, 0) is 24.6 Å². The molecule has 1 aliphatic rings. The first-order chi connectivity index (χ1) is 8.58. The maximum atomic E-state index is 11.5. The summed E-state index contributed by atoms with van der Waals surface area (Å²) >= 11 is 11.0. The number of nitrogens with one attached hydrogen (secondary N) is 1. The van der Waals surface area contributed by atoms with E-state index in [0.29, 0.717) is 23.7 Å². The summed E-state index contributed by atoms with van der Waals surface area (Å²) < 4.78 is 0. The first kappa shape index (κ1) is 13.1. The Balaban J connectivity index is 2.25. The monoisotopic (exact) mass is 283 g/mol. The van der Waals surface area contributed by atoms with Gasteiger partial charge in [0.2, 0.25) is 5.91 Å². The van der Waals surface area contributed by atoms with E-state index in [4.69, 9.17) is 29.6 Å². The molecule has 6 heteroatoms. The second-order valence-electron chi connectivity index (χ2n) is 4.15. The molecule has 0 saturated carbocycles. The summed E-state index contributed by atoms with van der Waals surface area (Å²) in [4.78, 5) is 13.8. The molecule has 18 heavy (non-hydrogen) atoms. The Morgan fingerprint density at radius 3 is 2.94 bits per heavy atom. The molecule has 2 rings (SSSR count). The third kappa shape index (κ3) is 2.91. The molecule has 1 heterocycles. The number of nitrogens with two attached hydrogens (primary N) is 1. The number of anilines is 1. The molecule has 1 aromatic carbocycles. The van der Waals surface area contributed by atoms with Crippen molar-refractivity contribution >= 4 is 40.4 Å². The van der Waals surface area contributed by atoms with Crippen molar-refractivity contribution in [2.75, 3.05) is 24.5 Å². The molecular formula is C12H14ClN3OS. The molecule has 0 radical (unpaired) electrons. The summed E-state index contributed by atoms with van der Waals surface area (Å²) in [5, 5.41) is 3.35. The van der Waals surface area contributed by atoms with E-state index in [-0.39, 0.29) is 10.9 Å². The van der Waals surface area contributed by atoms with Gasteiger partial charge in [-0.25, -0.2) is 0 Å². The van der Waals surface area contributed by atoms with Crippen molar-refractivity contribution in [2.24, 2.45) is 5.73 Å². The first-order valence-electron chi connectivity index (χ1n) is 5.69. The standard InChI is InChI=1S/C12H14ClN3OS/c13-10-6-8(2-3-9(10)12(14)18)16-5-1-4-15-11(17)7-16/h2-3,6H,1,4-5,7H2,(H2,14,18)(H,15,17). The van der Waals surface area contributed by atoms with Crippen molar-refractivity contribution in [3.05, 3.63) is 28.8 Å². The fourth-order valence-electron chi connectivity index (χ4n) is 1.93. The number of benzene rings is 1. The zero-order valence-corrected chi connectivity index (χ0v) is 11.4. The van der Waals surface area contributed by atoms with Crippen LogP contribution in [-0.2, 0) is 4.79 Å². The van der Waals surface area contributed by atoms with Gasteiger partial charge in [0.25, 0.3) is 0 Å². The van der Waals surface area contributed by atoms with E-state index in [9.17, 15) is 4.79 Å². The second kappa shape index (κ2) is 5.54. The molecule has 0 spiro atoms. The number of rotatable bonds is 2. The molecule has 4 nitrogen and oxygen atoms in total. The van der Waals surface area contributed by atoms with Gasteiger partial charge in [0.15, 0.2) is 0 Å². The van der Waals surface area contributed by atoms with E-state index >= 15 is 0 Å². The van der Waals surface area contributed by atoms with Crippen LogP contribution in [0.15, 0.2) is 18.2 Å². The van der Waals surface area contributed by atoms with Crippen LogP contribution in [0, 0.1) is 0 Å². The highest BCUT2D eigenvalue weighted by atomic mass is 35.5. The van der Waals surface area contributed by atoms with Crippen molar-refractivity contribution in [2.45, 2.75) is 6.42 Å². The van der Waals surface area contributed by atoms with Crippen LogP contribution in [0.1, 0.15) is 12.0 Å². The van der Waals surface area contributed by atoms with E-state index in [2.05, 4.69) is 5.32 Å². The maximum absolute atomic E-state index is 11.5. The Kier molecular flexibility index (Phi) is 4.04. The van der Waals surface area contributed by atoms with Gasteiger partial charge < -0.3 is 16.0 Å². The molecule has 0 atom stereocenters. The fourth-order valence-corrected chi connectivity index (χ4v) is 2.44. The second-order valence-corrected chi connectivity index (χ2v) is 5.00. The van der Waals surface area contributed by atoms with Crippen LogP contribution in [0.2, 0.25) is 5.02 Å². The Bertz CT molecular complexity index is 492. The summed E-state index contributed by atoms with van der Waals surface area (Å²) in [5.41, 5.74) is 7.14. The summed E-state index contributed by atoms with van der Waals surface area (Å²) in [7, 11) is 0. The van der Waals surface area contributed by atoms with Gasteiger partial charge in [0, 0.05) is 24.3 Å². The number of nitrogens with zero attached hydrogens (tertiary/aromatic N) is 1. The Labute approximate surface area is 116 Å². The van der Waals surface area contributed by atoms with Crippen LogP contribution < -0.4 is 16.0 Å². The largest absolute Gasteiger partial charge is 0.389 e. The molecule has 0 bridgehead atoms. The fraction of sp³-hybridized carbons (Fsp3) is 0.333. The van der Waals surface area contributed by atoms with Gasteiger partial charge in [-0.3, -0.25) is 4.79 Å². The van der Waals surface area contributed by atoms with Crippen LogP contribution in [0.25, 0.3) is 0 Å². The molecule has 1 saturated heterocycles. The van der Waals surface area contributed by atoms with Gasteiger partial charge in [0.05, 0.1) is 11.6 Å². The van der Waals surface area contributed by atoms with E-state index in [0.717, 1.165) is 18.7 Å². The summed E-state index contributed by atoms with van der Waals surface area (Å²) in [6.07, 6.45) is 0.917. The molecule has 0 aromatic heterocycles. The molecule has 1 amide bonds. The van der Waals surface area contributed by atoms with Crippen LogP contribution in [0.4, 0.5) is 5.69 Å². The zero-order valence-electron chi connectivity index (χ0n) is 9.78. The number of thiocarbonyl (C=S) groups is 1. The maximum Gasteiger partial charge on any atom is 0.239 e. The van der Waals surface area contributed by atoms with Crippen molar-refractivity contribution in [3.8, 4) is 0 Å². The van der Waals surface area contributed by atoms with E-state index in [1.165, 1.54) is 0 Å². The predicted octanol–water partition coefficient (Wildman–Crippen LogP) is 1.30. The van der Waals surface area contributed by atoms with E-state index in [1.54, 1.807) is 12.1 Å². The topological polar surface area (TPSA) is 58.4 Å². The van der Waals surface area contributed by atoms with Gasteiger partial charge in [-0.2, -0.15) is 0 Å². The number of amides is 1. The van der Waals surface area contributed by atoms with Gasteiger partial charge in [-0.15, -0.1) is 0 Å². The average Bonchev–Trinajstić information content (AvgIpc) is 2.53. The highest BCUT2D eigenvalue weighted by Gasteiger charge is 2.16. The normalized spacial score (nSPS) is 16.1. The van der Waals surface area contributed by atoms with Gasteiger partial charge >= 0.3 is 0 Å². The van der Waals surface area contributed by atoms with Crippen molar-refractivity contribution in [1.82, 2.24) is 5.32 Å². The lowest BCUT2D eigenvalue weighted by atomic mass is 10.2. The predicted molar refractivity (Wildman–Crippen MR) is 77.2 cm³/mol. The third-order valence-electron chi connectivity index (χ3n) is 2.84. The minimum atomic E-state index is 0.0297. The number of carbonyl (C=O) groups excluding carboxylic acids is 1. The van der Waals surface area contributed by atoms with E-state index in [1.807, 2.05) is 11.0 Å². The average molecular weight is 284 g/mol. The van der Waals surface area contributed by atoms with Crippen molar-refractivity contribution in [3.63, 3.8) is 0 Å².